The third-order valence-corrected chi connectivity index (χ3v) is 7.40. The molecule has 170 valence electrons. The van der Waals surface area contributed by atoms with Gasteiger partial charge in [-0.25, -0.2) is 18.4 Å². The van der Waals surface area contributed by atoms with Gasteiger partial charge in [0.1, 0.15) is 18.2 Å². The Hall–Kier alpha value is -3.15. The molecule has 0 saturated carbocycles. The molecule has 0 aliphatic carbocycles. The number of fused-ring (bicyclic) bond motifs is 1. The molecule has 0 fully saturated rings. The number of aryl methyl sites for hydroxylation is 1. The molecule has 4 rings (SSSR count). The average molecular weight is 482 g/mol. The third kappa shape index (κ3) is 4.80. The van der Waals surface area contributed by atoms with Crippen LogP contribution in [0.25, 0.3) is 0 Å². The summed E-state index contributed by atoms with van der Waals surface area (Å²) in [6, 6.07) is 13.0. The number of hydrogen-bond acceptors (Lipinski definition) is 7. The molecule has 33 heavy (non-hydrogen) atoms. The van der Waals surface area contributed by atoms with E-state index in [2.05, 4.69) is 26.3 Å². The Bertz CT molecular complexity index is 1370. The van der Waals surface area contributed by atoms with Crippen molar-refractivity contribution in [2.45, 2.75) is 37.8 Å². The van der Waals surface area contributed by atoms with Gasteiger partial charge in [-0.3, -0.25) is 0 Å². The Balaban J connectivity index is 1.63. The summed E-state index contributed by atoms with van der Waals surface area (Å²) in [5.74, 6) is 0.693. The zero-order valence-electron chi connectivity index (χ0n) is 18.6. The molecule has 1 N–H and O–H groups in total. The number of rotatable bonds is 5. The minimum atomic E-state index is -3.44. The van der Waals surface area contributed by atoms with Crippen LogP contribution in [-0.4, -0.2) is 31.2 Å². The van der Waals surface area contributed by atoms with Crippen LogP contribution in [0.2, 0.25) is 5.02 Å². The molecule has 0 amide bonds. The van der Waals surface area contributed by atoms with Gasteiger partial charge in [0, 0.05) is 37.4 Å². The first-order valence-corrected chi connectivity index (χ1v) is 12.8. The normalized spacial score (nSPS) is 14.3. The molecular formula is C24H24ClN5O2S. The molecule has 2 aromatic carbocycles. The van der Waals surface area contributed by atoms with Crippen LogP contribution in [0, 0.1) is 18.3 Å². The summed E-state index contributed by atoms with van der Waals surface area (Å²) in [5, 5.41) is 13.2. The van der Waals surface area contributed by atoms with Gasteiger partial charge in [-0.15, -0.1) is 0 Å². The molecule has 7 nitrogen and oxygen atoms in total. The fourth-order valence-corrected chi connectivity index (χ4v) is 5.36. The van der Waals surface area contributed by atoms with Crippen LogP contribution in [0.3, 0.4) is 0 Å². The van der Waals surface area contributed by atoms with Crippen molar-refractivity contribution < 1.29 is 8.42 Å². The molecular weight excluding hydrogens is 458 g/mol. The second-order valence-corrected chi connectivity index (χ2v) is 10.7. The summed E-state index contributed by atoms with van der Waals surface area (Å²) in [6.45, 7) is 5.24. The van der Waals surface area contributed by atoms with E-state index in [1.165, 1.54) is 0 Å². The van der Waals surface area contributed by atoms with E-state index in [0.29, 0.717) is 17.9 Å². The second kappa shape index (κ2) is 9.00. The highest BCUT2D eigenvalue weighted by molar-refractivity contribution is 7.90. The Kier molecular flexibility index (Phi) is 6.28. The van der Waals surface area contributed by atoms with Crippen molar-refractivity contribution in [3.63, 3.8) is 0 Å². The fraction of sp³-hybridized carbons (Fsp3) is 0.292. The van der Waals surface area contributed by atoms with Crippen molar-refractivity contribution in [1.29, 1.82) is 5.26 Å². The van der Waals surface area contributed by atoms with Crippen LogP contribution in [0.15, 0.2) is 47.6 Å². The molecule has 1 aliphatic heterocycles. The Morgan fingerprint density at radius 2 is 2.00 bits per heavy atom. The Morgan fingerprint density at radius 1 is 1.21 bits per heavy atom. The highest BCUT2D eigenvalue weighted by atomic mass is 35.5. The van der Waals surface area contributed by atoms with Crippen molar-refractivity contribution in [3.8, 4) is 6.07 Å². The summed E-state index contributed by atoms with van der Waals surface area (Å²) >= 11 is 6.10. The molecule has 2 heterocycles. The number of nitriles is 1. The average Bonchev–Trinajstić information content (AvgIpc) is 2.78. The predicted octanol–water partition coefficient (Wildman–Crippen LogP) is 4.45. The first-order chi connectivity index (χ1) is 15.7. The lowest BCUT2D eigenvalue weighted by Crippen LogP contribution is -2.32. The zero-order valence-corrected chi connectivity index (χ0v) is 20.2. The second-order valence-electron chi connectivity index (χ2n) is 8.28. The standard InChI is InChI=1S/C24H24ClN5O2S/c1-15-4-7-22(18(10-15)12-26)30-9-8-21-19(13-30)24(28-14-27-21)29-16(2)17-5-6-20(25)23(11-17)33(3,31)32/h4-7,10-11,14,16H,8-9,13H2,1-3H3,(H,27,28,29)/t16-/m1/s1. The van der Waals surface area contributed by atoms with E-state index in [-0.39, 0.29) is 16.0 Å². The van der Waals surface area contributed by atoms with Crippen LogP contribution in [0.5, 0.6) is 0 Å². The van der Waals surface area contributed by atoms with Gasteiger partial charge in [-0.05, 0) is 49.2 Å². The molecule has 0 saturated heterocycles. The molecule has 0 unspecified atom stereocenters. The van der Waals surface area contributed by atoms with E-state index >= 15 is 0 Å². The predicted molar refractivity (Wildman–Crippen MR) is 129 cm³/mol. The molecule has 9 heteroatoms. The maximum Gasteiger partial charge on any atom is 0.177 e. The largest absolute Gasteiger partial charge is 0.366 e. The number of sulfone groups is 1. The number of halogens is 1. The number of aromatic nitrogens is 2. The van der Waals surface area contributed by atoms with Crippen LogP contribution < -0.4 is 10.2 Å². The fourth-order valence-electron chi connectivity index (χ4n) is 4.05. The molecule has 1 aliphatic rings. The first kappa shape index (κ1) is 23.0. The summed E-state index contributed by atoms with van der Waals surface area (Å²) in [7, 11) is -3.44. The van der Waals surface area contributed by atoms with Crippen LogP contribution in [-0.2, 0) is 22.8 Å². The van der Waals surface area contributed by atoms with Gasteiger partial charge in [-0.2, -0.15) is 5.26 Å². The van der Waals surface area contributed by atoms with Crippen molar-refractivity contribution in [2.24, 2.45) is 0 Å². The molecule has 0 radical (unpaired) electrons. The molecule has 1 aromatic heterocycles. The molecule has 0 bridgehead atoms. The molecule has 1 atom stereocenters. The van der Waals surface area contributed by atoms with E-state index in [4.69, 9.17) is 11.6 Å². The maximum absolute atomic E-state index is 12.1. The Labute approximate surface area is 199 Å². The van der Waals surface area contributed by atoms with Gasteiger partial charge in [0.25, 0.3) is 0 Å². The van der Waals surface area contributed by atoms with Crippen molar-refractivity contribution in [3.05, 3.63) is 75.7 Å². The van der Waals surface area contributed by atoms with Gasteiger partial charge in [0.05, 0.1) is 26.9 Å². The lowest BCUT2D eigenvalue weighted by Gasteiger charge is -2.32. The maximum atomic E-state index is 12.1. The topological polar surface area (TPSA) is 99.0 Å². The number of benzene rings is 2. The molecule has 3 aromatic rings. The number of hydrogen-bond donors (Lipinski definition) is 1. The number of nitrogens with one attached hydrogen (secondary N) is 1. The lowest BCUT2D eigenvalue weighted by molar-refractivity contribution is 0.601. The summed E-state index contributed by atoms with van der Waals surface area (Å²) in [4.78, 5) is 11.2. The van der Waals surface area contributed by atoms with Crippen molar-refractivity contribution >= 4 is 32.9 Å². The number of nitrogens with zero attached hydrogens (tertiary/aromatic N) is 4. The van der Waals surface area contributed by atoms with Gasteiger partial charge >= 0.3 is 0 Å². The third-order valence-electron chi connectivity index (χ3n) is 5.82. The number of anilines is 2. The van der Waals surface area contributed by atoms with Crippen molar-refractivity contribution in [1.82, 2.24) is 9.97 Å². The summed E-state index contributed by atoms with van der Waals surface area (Å²) in [5.41, 5.74) is 5.31. The minimum Gasteiger partial charge on any atom is -0.366 e. The molecule has 0 spiro atoms. The van der Waals surface area contributed by atoms with Crippen molar-refractivity contribution in [2.75, 3.05) is 23.0 Å². The zero-order chi connectivity index (χ0) is 23.8. The highest BCUT2D eigenvalue weighted by Gasteiger charge is 2.24. The van der Waals surface area contributed by atoms with Gasteiger partial charge < -0.3 is 10.2 Å². The van der Waals surface area contributed by atoms with Crippen LogP contribution in [0.1, 0.15) is 40.9 Å². The van der Waals surface area contributed by atoms with E-state index in [0.717, 1.165) is 47.3 Å². The smallest absolute Gasteiger partial charge is 0.177 e. The first-order valence-electron chi connectivity index (χ1n) is 10.5. The van der Waals surface area contributed by atoms with E-state index < -0.39 is 9.84 Å². The van der Waals surface area contributed by atoms with E-state index in [1.54, 1.807) is 24.5 Å². The highest BCUT2D eigenvalue weighted by Crippen LogP contribution is 2.32. The van der Waals surface area contributed by atoms with Gasteiger partial charge in [0.2, 0.25) is 0 Å². The van der Waals surface area contributed by atoms with Gasteiger partial charge in [0.15, 0.2) is 9.84 Å². The monoisotopic (exact) mass is 481 g/mol. The van der Waals surface area contributed by atoms with Crippen LogP contribution >= 0.6 is 11.6 Å². The lowest BCUT2D eigenvalue weighted by atomic mass is 10.0. The SMILES string of the molecule is Cc1ccc(N2CCc3ncnc(N[C@H](C)c4ccc(Cl)c(S(C)(=O)=O)c4)c3C2)c(C#N)c1. The summed E-state index contributed by atoms with van der Waals surface area (Å²) in [6.07, 6.45) is 3.42. The van der Waals surface area contributed by atoms with Gasteiger partial charge in [-0.1, -0.05) is 23.7 Å². The van der Waals surface area contributed by atoms with Crippen LogP contribution in [0.4, 0.5) is 11.5 Å². The summed E-state index contributed by atoms with van der Waals surface area (Å²) < 4.78 is 24.1. The minimum absolute atomic E-state index is 0.106. The Morgan fingerprint density at radius 3 is 2.73 bits per heavy atom. The van der Waals surface area contributed by atoms with E-state index in [1.807, 2.05) is 32.0 Å². The quantitative estimate of drug-likeness (QED) is 0.574. The van der Waals surface area contributed by atoms with E-state index in [9.17, 15) is 13.7 Å².